The van der Waals surface area contributed by atoms with E-state index in [1.807, 2.05) is 36.2 Å². The van der Waals surface area contributed by atoms with Crippen LogP contribution in [0.3, 0.4) is 0 Å². The van der Waals surface area contributed by atoms with Crippen LogP contribution in [0.25, 0.3) is 0 Å². The van der Waals surface area contributed by atoms with E-state index in [1.54, 1.807) is 0 Å². The number of carbonyl (C=O) groups excluding carboxylic acids is 1. The second-order valence-corrected chi connectivity index (χ2v) is 7.42. The normalized spacial score (nSPS) is 20.6. The fourth-order valence-corrected chi connectivity index (χ4v) is 4.26. The molecule has 1 amide bonds. The summed E-state index contributed by atoms with van der Waals surface area (Å²) in [6.45, 7) is 1.96. The molecule has 5 nitrogen and oxygen atoms in total. The summed E-state index contributed by atoms with van der Waals surface area (Å²) in [4.78, 5) is 28.9. The highest BCUT2D eigenvalue weighted by atomic mass is 16.4. The van der Waals surface area contributed by atoms with Gasteiger partial charge in [-0.15, -0.1) is 0 Å². The lowest BCUT2D eigenvalue weighted by Gasteiger charge is -2.39. The molecule has 3 rings (SSSR count). The van der Waals surface area contributed by atoms with Crippen molar-refractivity contribution in [3.05, 3.63) is 35.4 Å². The summed E-state index contributed by atoms with van der Waals surface area (Å²) in [7, 11) is 3.95. The third-order valence-electron chi connectivity index (χ3n) is 5.68. The molecule has 0 spiro atoms. The van der Waals surface area contributed by atoms with Crippen molar-refractivity contribution >= 4 is 11.9 Å². The van der Waals surface area contributed by atoms with Crippen molar-refractivity contribution in [3.63, 3.8) is 0 Å². The Balaban J connectivity index is 1.82. The van der Waals surface area contributed by atoms with Gasteiger partial charge in [-0.2, -0.15) is 0 Å². The van der Waals surface area contributed by atoms with Crippen molar-refractivity contribution in [1.29, 1.82) is 0 Å². The Kier molecular flexibility index (Phi) is 4.63. The average Bonchev–Trinajstić information content (AvgIpc) is 2.92. The number of hydrogen-bond donors (Lipinski definition) is 1. The van der Waals surface area contributed by atoms with Crippen molar-refractivity contribution in [2.75, 3.05) is 27.2 Å². The number of fused-ring (bicyclic) bond motifs is 1. The fraction of sp³-hybridized carbons (Fsp3) is 0.579. The summed E-state index contributed by atoms with van der Waals surface area (Å²) in [5, 5.41) is 9.42. The molecule has 130 valence electrons. The molecule has 1 N–H and O–H groups in total. The fourth-order valence-electron chi connectivity index (χ4n) is 4.26. The standard InChI is InChI=1S/C19H26N2O3/c1-20-9-7-16(8-10-20)21(2)18(24)19(13-17(22)23)11-14-5-3-4-6-15(14)12-19/h3-6,16H,7-13H2,1-2H3,(H,22,23). The first kappa shape index (κ1) is 17.0. The number of piperidine rings is 1. The van der Waals surface area contributed by atoms with Gasteiger partial charge >= 0.3 is 5.97 Å². The summed E-state index contributed by atoms with van der Waals surface area (Å²) in [6.07, 6.45) is 2.87. The molecule has 0 aromatic heterocycles. The van der Waals surface area contributed by atoms with E-state index < -0.39 is 11.4 Å². The van der Waals surface area contributed by atoms with Gasteiger partial charge in [0.2, 0.25) is 5.91 Å². The molecule has 24 heavy (non-hydrogen) atoms. The van der Waals surface area contributed by atoms with E-state index in [0.717, 1.165) is 37.1 Å². The molecule has 1 saturated heterocycles. The summed E-state index contributed by atoms with van der Waals surface area (Å²) in [6, 6.07) is 8.16. The number of nitrogens with zero attached hydrogens (tertiary/aromatic N) is 2. The highest BCUT2D eigenvalue weighted by Gasteiger charge is 2.47. The lowest BCUT2D eigenvalue weighted by Crippen LogP contribution is -2.51. The predicted molar refractivity (Wildman–Crippen MR) is 91.8 cm³/mol. The zero-order chi connectivity index (χ0) is 17.3. The molecule has 0 saturated carbocycles. The van der Waals surface area contributed by atoms with E-state index in [0.29, 0.717) is 12.8 Å². The Morgan fingerprint density at radius 2 is 1.75 bits per heavy atom. The van der Waals surface area contributed by atoms with Gasteiger partial charge in [-0.05, 0) is 56.9 Å². The third-order valence-corrected chi connectivity index (χ3v) is 5.68. The van der Waals surface area contributed by atoms with Gasteiger partial charge in [0.1, 0.15) is 0 Å². The van der Waals surface area contributed by atoms with Crippen molar-refractivity contribution in [2.45, 2.75) is 38.1 Å². The second-order valence-electron chi connectivity index (χ2n) is 7.42. The van der Waals surface area contributed by atoms with Crippen molar-refractivity contribution in [1.82, 2.24) is 9.80 Å². The van der Waals surface area contributed by atoms with Crippen LogP contribution in [0.1, 0.15) is 30.4 Å². The topological polar surface area (TPSA) is 60.9 Å². The smallest absolute Gasteiger partial charge is 0.304 e. The molecule has 1 fully saturated rings. The largest absolute Gasteiger partial charge is 0.481 e. The SMILES string of the molecule is CN1CCC(N(C)C(=O)C2(CC(=O)O)Cc3ccccc3C2)CC1. The molecule has 1 aromatic rings. The maximum absolute atomic E-state index is 13.3. The van der Waals surface area contributed by atoms with Crippen molar-refractivity contribution in [3.8, 4) is 0 Å². The number of carboxylic acids is 1. The Bertz CT molecular complexity index is 610. The number of carboxylic acid groups (broad SMARTS) is 1. The number of aliphatic carboxylic acids is 1. The third kappa shape index (κ3) is 3.18. The average molecular weight is 330 g/mol. The predicted octanol–water partition coefficient (Wildman–Crippen LogP) is 1.80. The minimum Gasteiger partial charge on any atom is -0.481 e. The van der Waals surface area contributed by atoms with E-state index in [9.17, 15) is 14.7 Å². The van der Waals surface area contributed by atoms with E-state index in [2.05, 4.69) is 11.9 Å². The van der Waals surface area contributed by atoms with Gasteiger partial charge in [0.05, 0.1) is 11.8 Å². The molecule has 1 aromatic carbocycles. The molecular formula is C19H26N2O3. The Labute approximate surface area is 143 Å². The molecule has 0 radical (unpaired) electrons. The van der Waals surface area contributed by atoms with Gasteiger partial charge in [-0.25, -0.2) is 0 Å². The lowest BCUT2D eigenvalue weighted by atomic mass is 9.79. The molecule has 0 bridgehead atoms. The van der Waals surface area contributed by atoms with Crippen LogP contribution in [-0.4, -0.2) is 60.0 Å². The minimum atomic E-state index is -0.895. The zero-order valence-corrected chi connectivity index (χ0v) is 14.5. The number of benzene rings is 1. The van der Waals surface area contributed by atoms with Gasteiger partial charge in [-0.3, -0.25) is 9.59 Å². The van der Waals surface area contributed by atoms with E-state index in [4.69, 9.17) is 0 Å². The summed E-state index contributed by atoms with van der Waals surface area (Å²) in [5.74, 6) is -0.899. The molecule has 1 heterocycles. The number of amides is 1. The maximum Gasteiger partial charge on any atom is 0.304 e. The molecule has 0 atom stereocenters. The van der Waals surface area contributed by atoms with Crippen LogP contribution in [0.5, 0.6) is 0 Å². The Hall–Kier alpha value is -1.88. The molecule has 2 aliphatic rings. The summed E-state index contributed by atoms with van der Waals surface area (Å²) >= 11 is 0. The van der Waals surface area contributed by atoms with E-state index >= 15 is 0 Å². The van der Waals surface area contributed by atoms with E-state index in [-0.39, 0.29) is 18.4 Å². The number of rotatable bonds is 4. The molecule has 0 unspecified atom stereocenters. The highest BCUT2D eigenvalue weighted by Crippen LogP contribution is 2.41. The van der Waals surface area contributed by atoms with Crippen LogP contribution < -0.4 is 0 Å². The van der Waals surface area contributed by atoms with Gasteiger partial charge in [0.25, 0.3) is 0 Å². The molecule has 1 aliphatic carbocycles. The first-order valence-corrected chi connectivity index (χ1v) is 8.66. The first-order valence-electron chi connectivity index (χ1n) is 8.66. The molecule has 5 heteroatoms. The minimum absolute atomic E-state index is 0.00402. The highest BCUT2D eigenvalue weighted by molar-refractivity contribution is 5.88. The number of hydrogen-bond acceptors (Lipinski definition) is 3. The maximum atomic E-state index is 13.3. The van der Waals surface area contributed by atoms with Gasteiger partial charge in [0, 0.05) is 13.1 Å². The van der Waals surface area contributed by atoms with Crippen molar-refractivity contribution < 1.29 is 14.7 Å². The number of likely N-dealkylation sites (tertiary alicyclic amines) is 1. The van der Waals surface area contributed by atoms with Gasteiger partial charge in [0.15, 0.2) is 0 Å². The van der Waals surface area contributed by atoms with Gasteiger partial charge in [-0.1, -0.05) is 24.3 Å². The monoisotopic (exact) mass is 330 g/mol. The van der Waals surface area contributed by atoms with Crippen LogP contribution >= 0.6 is 0 Å². The van der Waals surface area contributed by atoms with Crippen LogP contribution in [0.4, 0.5) is 0 Å². The first-order chi connectivity index (χ1) is 11.4. The summed E-state index contributed by atoms with van der Waals surface area (Å²) in [5.41, 5.74) is 1.40. The Morgan fingerprint density at radius 3 is 2.25 bits per heavy atom. The van der Waals surface area contributed by atoms with Crippen LogP contribution in [-0.2, 0) is 22.4 Å². The van der Waals surface area contributed by atoms with Crippen LogP contribution in [0, 0.1) is 5.41 Å². The molecule has 1 aliphatic heterocycles. The number of carbonyl (C=O) groups is 2. The molecular weight excluding hydrogens is 304 g/mol. The lowest BCUT2D eigenvalue weighted by molar-refractivity contribution is -0.151. The quantitative estimate of drug-likeness (QED) is 0.914. The van der Waals surface area contributed by atoms with Crippen LogP contribution in [0.15, 0.2) is 24.3 Å². The Morgan fingerprint density at radius 1 is 1.21 bits per heavy atom. The van der Waals surface area contributed by atoms with Gasteiger partial charge < -0.3 is 14.9 Å². The van der Waals surface area contributed by atoms with E-state index in [1.165, 1.54) is 0 Å². The summed E-state index contributed by atoms with van der Waals surface area (Å²) < 4.78 is 0. The van der Waals surface area contributed by atoms with Crippen LogP contribution in [0.2, 0.25) is 0 Å². The second kappa shape index (κ2) is 6.55. The zero-order valence-electron chi connectivity index (χ0n) is 14.5. The van der Waals surface area contributed by atoms with Crippen molar-refractivity contribution in [2.24, 2.45) is 5.41 Å².